The first-order chi connectivity index (χ1) is 14.2. The van der Waals surface area contributed by atoms with E-state index in [9.17, 15) is 31.9 Å². The Morgan fingerprint density at radius 3 is 2.57 bits per heavy atom. The van der Waals surface area contributed by atoms with Crippen molar-refractivity contribution < 1.29 is 50.9 Å². The molecule has 0 aromatic carbocycles. The zero-order chi connectivity index (χ0) is 21.4. The number of rotatable bonds is 6. The van der Waals surface area contributed by atoms with Gasteiger partial charge < -0.3 is 18.9 Å². The van der Waals surface area contributed by atoms with Gasteiger partial charge >= 0.3 is 30.3 Å². The average Bonchev–Trinajstić information content (AvgIpc) is 3.47. The van der Waals surface area contributed by atoms with Crippen LogP contribution in [0.15, 0.2) is 12.2 Å². The van der Waals surface area contributed by atoms with Crippen LogP contribution in [0.5, 0.6) is 0 Å². The van der Waals surface area contributed by atoms with Crippen LogP contribution in [0, 0.1) is 29.6 Å². The Morgan fingerprint density at radius 1 is 1.17 bits per heavy atom. The number of carbonyl (C=O) groups excluding carboxylic acids is 3. The van der Waals surface area contributed by atoms with Crippen molar-refractivity contribution in [1.82, 2.24) is 0 Å². The minimum absolute atomic E-state index is 0.152. The monoisotopic (exact) mass is 434 g/mol. The van der Waals surface area contributed by atoms with Crippen molar-refractivity contribution in [2.24, 2.45) is 29.6 Å². The quantitative estimate of drug-likeness (QED) is 0.271. The number of hydrogen-bond donors (Lipinski definition) is 0. The summed E-state index contributed by atoms with van der Waals surface area (Å²) in [6, 6.07) is 0. The molecule has 0 radical (unpaired) electrons. The number of fused-ring (bicyclic) bond motifs is 3. The molecule has 0 amide bonds. The number of alkyl halides is 4. The summed E-state index contributed by atoms with van der Waals surface area (Å²) in [5.74, 6) is -10.6. The maximum Gasteiger partial charge on any atom is 0.340 e. The lowest BCUT2D eigenvalue weighted by Crippen LogP contribution is -2.45. The zero-order valence-electron chi connectivity index (χ0n) is 15.4. The molecule has 0 aromatic heterocycles. The Balaban J connectivity index is 1.29. The third-order valence-corrected chi connectivity index (χ3v) is 6.83. The van der Waals surface area contributed by atoms with Gasteiger partial charge in [0.1, 0.15) is 12.2 Å². The van der Waals surface area contributed by atoms with Crippen molar-refractivity contribution in [2.45, 2.75) is 49.6 Å². The molecule has 2 saturated carbocycles. The molecule has 3 heterocycles. The van der Waals surface area contributed by atoms with Crippen LogP contribution in [0.2, 0.25) is 0 Å². The zero-order valence-corrected chi connectivity index (χ0v) is 15.4. The predicted octanol–water partition coefficient (Wildman–Crippen LogP) is 1.49. The Kier molecular flexibility index (Phi) is 4.39. The van der Waals surface area contributed by atoms with Gasteiger partial charge in [-0.15, -0.1) is 0 Å². The average molecular weight is 434 g/mol. The smallest absolute Gasteiger partial charge is 0.340 e. The molecule has 30 heavy (non-hydrogen) atoms. The number of halogens is 4. The van der Waals surface area contributed by atoms with Gasteiger partial charge in [-0.1, -0.05) is 12.2 Å². The first-order valence-electron chi connectivity index (χ1n) is 9.75. The number of hydrogen-bond acceptors (Lipinski definition) is 7. The highest BCUT2D eigenvalue weighted by Gasteiger charge is 2.70. The fourth-order valence-corrected chi connectivity index (χ4v) is 5.52. The molecule has 3 aliphatic heterocycles. The Labute approximate surface area is 167 Å². The molecule has 5 aliphatic rings. The van der Waals surface area contributed by atoms with Gasteiger partial charge in [0.25, 0.3) is 0 Å². The first-order valence-corrected chi connectivity index (χ1v) is 9.75. The maximum atomic E-state index is 13.1. The van der Waals surface area contributed by atoms with E-state index in [2.05, 4.69) is 4.74 Å². The second kappa shape index (κ2) is 6.66. The van der Waals surface area contributed by atoms with Gasteiger partial charge in [0.05, 0.1) is 30.0 Å². The molecule has 0 spiro atoms. The molecule has 7 nitrogen and oxygen atoms in total. The Morgan fingerprint density at radius 2 is 1.93 bits per heavy atom. The first kappa shape index (κ1) is 19.8. The summed E-state index contributed by atoms with van der Waals surface area (Å²) in [5, 5.41) is 0. The van der Waals surface area contributed by atoms with Gasteiger partial charge in [-0.25, -0.2) is 8.78 Å². The van der Waals surface area contributed by atoms with Gasteiger partial charge in [-0.2, -0.15) is 8.78 Å². The summed E-state index contributed by atoms with van der Waals surface area (Å²) in [6.07, 6.45) is -1.75. The topological polar surface area (TPSA) is 88.1 Å². The van der Waals surface area contributed by atoms with Crippen LogP contribution in [-0.4, -0.2) is 61.3 Å². The molecule has 11 heteroatoms. The minimum Gasteiger partial charge on any atom is -0.459 e. The summed E-state index contributed by atoms with van der Waals surface area (Å²) in [5.41, 5.74) is 0. The Hall–Kier alpha value is -2.17. The van der Waals surface area contributed by atoms with Crippen LogP contribution in [0.4, 0.5) is 17.6 Å². The number of carbonyl (C=O) groups is 3. The van der Waals surface area contributed by atoms with Crippen LogP contribution in [0.25, 0.3) is 0 Å². The van der Waals surface area contributed by atoms with Crippen molar-refractivity contribution in [3.63, 3.8) is 0 Å². The van der Waals surface area contributed by atoms with Crippen molar-refractivity contribution in [2.75, 3.05) is 6.61 Å². The lowest BCUT2D eigenvalue weighted by atomic mass is 9.78. The highest BCUT2D eigenvalue weighted by atomic mass is 19.3. The fraction of sp³-hybridized carbons (Fsp3) is 0.737. The van der Waals surface area contributed by atoms with Gasteiger partial charge in [-0.3, -0.25) is 14.4 Å². The van der Waals surface area contributed by atoms with E-state index in [0.717, 1.165) is 0 Å². The van der Waals surface area contributed by atoms with Crippen molar-refractivity contribution in [1.29, 1.82) is 0 Å². The van der Waals surface area contributed by atoms with E-state index < -0.39 is 84.8 Å². The lowest BCUT2D eigenvalue weighted by Gasteiger charge is -2.31. The molecule has 2 saturated heterocycles. The second-order valence-electron chi connectivity index (χ2n) is 8.45. The van der Waals surface area contributed by atoms with E-state index in [1.165, 1.54) is 0 Å². The SMILES string of the molecule is O=C(OC1C2CC3C1OC(=O)C3C2C(=O)OCC(F)(F)C(F)F)C1CC2C=CC1O2. The molecule has 2 aliphatic carbocycles. The summed E-state index contributed by atoms with van der Waals surface area (Å²) in [7, 11) is 0. The molecule has 4 bridgehead atoms. The van der Waals surface area contributed by atoms with Crippen molar-refractivity contribution >= 4 is 17.9 Å². The molecule has 4 fully saturated rings. The molecule has 0 aromatic rings. The fourth-order valence-electron chi connectivity index (χ4n) is 5.52. The number of ether oxygens (including phenoxy) is 4. The van der Waals surface area contributed by atoms with Crippen LogP contribution < -0.4 is 0 Å². The lowest BCUT2D eigenvalue weighted by molar-refractivity contribution is -0.187. The second-order valence-corrected chi connectivity index (χ2v) is 8.45. The van der Waals surface area contributed by atoms with Gasteiger partial charge in [0.15, 0.2) is 6.61 Å². The summed E-state index contributed by atoms with van der Waals surface area (Å²) >= 11 is 0. The van der Waals surface area contributed by atoms with E-state index in [1.807, 2.05) is 6.08 Å². The predicted molar refractivity (Wildman–Crippen MR) is 86.2 cm³/mol. The van der Waals surface area contributed by atoms with E-state index >= 15 is 0 Å². The van der Waals surface area contributed by atoms with Crippen molar-refractivity contribution in [3.8, 4) is 0 Å². The molecule has 9 atom stereocenters. The van der Waals surface area contributed by atoms with E-state index in [1.54, 1.807) is 6.08 Å². The van der Waals surface area contributed by atoms with Gasteiger partial charge in [0.2, 0.25) is 0 Å². The summed E-state index contributed by atoms with van der Waals surface area (Å²) < 4.78 is 71.9. The molecule has 9 unspecified atom stereocenters. The van der Waals surface area contributed by atoms with E-state index in [4.69, 9.17) is 14.2 Å². The summed E-state index contributed by atoms with van der Waals surface area (Å²) in [6.45, 7) is -1.79. The highest BCUT2D eigenvalue weighted by Crippen LogP contribution is 2.59. The normalized spacial score (nSPS) is 42.8. The largest absolute Gasteiger partial charge is 0.459 e. The maximum absolute atomic E-state index is 13.1. The Bertz CT molecular complexity index is 815. The molecule has 5 rings (SSSR count). The summed E-state index contributed by atoms with van der Waals surface area (Å²) in [4.78, 5) is 37.4. The molecule has 0 N–H and O–H groups in total. The van der Waals surface area contributed by atoms with E-state index in [-0.39, 0.29) is 6.10 Å². The van der Waals surface area contributed by atoms with E-state index in [0.29, 0.717) is 12.8 Å². The van der Waals surface area contributed by atoms with Gasteiger partial charge in [0, 0.05) is 11.8 Å². The molecular weight excluding hydrogens is 416 g/mol. The van der Waals surface area contributed by atoms with Crippen molar-refractivity contribution in [3.05, 3.63) is 12.2 Å². The van der Waals surface area contributed by atoms with Crippen LogP contribution in [0.1, 0.15) is 12.8 Å². The number of esters is 3. The van der Waals surface area contributed by atoms with Crippen LogP contribution in [0.3, 0.4) is 0 Å². The standard InChI is InChI=1S/C19H18F4O7/c20-18(21)19(22,23)5-27-16(25)11-8-4-9-12(11)17(26)30-14(9)13(8)29-15(24)7-3-6-1-2-10(7)28-6/h1-2,6-14,18H,3-5H2. The van der Waals surface area contributed by atoms with Crippen LogP contribution >= 0.6 is 0 Å². The third-order valence-electron chi connectivity index (χ3n) is 6.83. The molecular formula is C19H18F4O7. The minimum atomic E-state index is -4.49. The highest BCUT2D eigenvalue weighted by molar-refractivity contribution is 5.86. The third kappa shape index (κ3) is 2.84. The molecule has 164 valence electrons. The van der Waals surface area contributed by atoms with Gasteiger partial charge in [-0.05, 0) is 12.8 Å². The van der Waals surface area contributed by atoms with Crippen LogP contribution in [-0.2, 0) is 33.3 Å².